The molecule has 70 valence electrons. The van der Waals surface area contributed by atoms with Gasteiger partial charge in [-0.1, -0.05) is 24.2 Å². The lowest BCUT2D eigenvalue weighted by atomic mass is 10.3. The highest BCUT2D eigenvalue weighted by Gasteiger charge is 1.97. The van der Waals surface area contributed by atoms with Crippen LogP contribution in [0.4, 0.5) is 0 Å². The second-order valence-electron chi connectivity index (χ2n) is 2.81. The first-order valence-electron chi connectivity index (χ1n) is 6.62. The van der Waals surface area contributed by atoms with Crippen LogP contribution in [-0.2, 0) is 0 Å². The van der Waals surface area contributed by atoms with Crippen molar-refractivity contribution in [2.24, 2.45) is 0 Å². The van der Waals surface area contributed by atoms with Crippen molar-refractivity contribution >= 4 is 0 Å². The third-order valence-electron chi connectivity index (χ3n) is 1.71. The predicted molar refractivity (Wildman–Crippen MR) is 56.8 cm³/mol. The van der Waals surface area contributed by atoms with Gasteiger partial charge in [0.15, 0.2) is 0 Å². The number of pyridine rings is 1. The minimum atomic E-state index is -0.820. The number of rotatable bonds is 1. The smallest absolute Gasteiger partial charge is 0.255 e. The first-order chi connectivity index (χ1) is 8.86. The molecule has 2 aromatic rings. The summed E-state index contributed by atoms with van der Waals surface area (Å²) in [6, 6.07) is 3.33. The van der Waals surface area contributed by atoms with E-state index in [2.05, 4.69) is 0 Å². The van der Waals surface area contributed by atoms with Crippen LogP contribution in [0, 0.1) is 6.92 Å². The summed E-state index contributed by atoms with van der Waals surface area (Å²) in [6.45, 7) is 1.48. The van der Waals surface area contributed by atoms with Crippen molar-refractivity contribution in [1.29, 1.82) is 0 Å². The van der Waals surface area contributed by atoms with E-state index in [9.17, 15) is 4.79 Å². The average molecular weight is 190 g/mol. The van der Waals surface area contributed by atoms with Crippen molar-refractivity contribution in [2.45, 2.75) is 6.92 Å². The van der Waals surface area contributed by atoms with Gasteiger partial charge in [0.1, 0.15) is 0 Å². The SMILES string of the molecule is [2H]c1cccc(-n2c([2H])c(C)c([2H])c([2H])c2=O)c1[2H]. The molecule has 2 heteroatoms. The van der Waals surface area contributed by atoms with Crippen LogP contribution in [0.1, 0.15) is 12.4 Å². The topological polar surface area (TPSA) is 22.0 Å². The van der Waals surface area contributed by atoms with Crippen LogP contribution >= 0.6 is 0 Å². The number of hydrogen-bond donors (Lipinski definition) is 0. The van der Waals surface area contributed by atoms with E-state index in [-0.39, 0.29) is 35.6 Å². The number of para-hydroxylation sites is 1. The fourth-order valence-corrected chi connectivity index (χ4v) is 1.09. The van der Waals surface area contributed by atoms with E-state index >= 15 is 0 Å². The van der Waals surface area contributed by atoms with Crippen LogP contribution in [0.25, 0.3) is 5.69 Å². The van der Waals surface area contributed by atoms with Crippen molar-refractivity contribution in [2.75, 3.05) is 0 Å². The molecule has 0 N–H and O–H groups in total. The Morgan fingerprint density at radius 1 is 1.29 bits per heavy atom. The van der Waals surface area contributed by atoms with Gasteiger partial charge in [0.2, 0.25) is 0 Å². The summed E-state index contributed by atoms with van der Waals surface area (Å²) in [7, 11) is 0. The van der Waals surface area contributed by atoms with Crippen LogP contribution in [0.3, 0.4) is 0 Å². The molecule has 0 amide bonds. The maximum atomic E-state index is 12.0. The van der Waals surface area contributed by atoms with Crippen molar-refractivity contribution in [3.05, 3.63) is 64.5 Å². The molecule has 0 saturated carbocycles. The fourth-order valence-electron chi connectivity index (χ4n) is 1.09. The van der Waals surface area contributed by atoms with Gasteiger partial charge in [-0.2, -0.15) is 0 Å². The monoisotopic (exact) mass is 190 g/mol. The van der Waals surface area contributed by atoms with Crippen molar-refractivity contribution < 1.29 is 6.85 Å². The summed E-state index contributed by atoms with van der Waals surface area (Å²) in [4.78, 5) is 12.0. The highest BCUT2D eigenvalue weighted by molar-refractivity contribution is 5.32. The maximum absolute atomic E-state index is 12.0. The van der Waals surface area contributed by atoms with E-state index in [1.54, 1.807) is 0 Å². The molecule has 1 aromatic carbocycles. The van der Waals surface area contributed by atoms with Gasteiger partial charge in [0.25, 0.3) is 5.56 Å². The second-order valence-corrected chi connectivity index (χ2v) is 2.81. The minimum absolute atomic E-state index is 0.0667. The van der Waals surface area contributed by atoms with Gasteiger partial charge in [-0.15, -0.1) is 0 Å². The summed E-state index contributed by atoms with van der Waals surface area (Å²) in [5.41, 5.74) is -0.543. The van der Waals surface area contributed by atoms with Crippen molar-refractivity contribution in [3.8, 4) is 5.69 Å². The fraction of sp³-hybridized carbons (Fsp3) is 0.0833. The van der Waals surface area contributed by atoms with Crippen LogP contribution in [-0.4, -0.2) is 4.57 Å². The molecule has 0 aliphatic rings. The quantitative estimate of drug-likeness (QED) is 0.675. The maximum Gasteiger partial charge on any atom is 0.255 e. The zero-order valence-corrected chi connectivity index (χ0v) is 7.59. The molecule has 14 heavy (non-hydrogen) atoms. The van der Waals surface area contributed by atoms with Gasteiger partial charge in [-0.05, 0) is 24.6 Å². The van der Waals surface area contributed by atoms with Gasteiger partial charge >= 0.3 is 0 Å². The third-order valence-corrected chi connectivity index (χ3v) is 1.71. The molecule has 0 unspecified atom stereocenters. The Kier molecular flexibility index (Phi) is 1.15. The minimum Gasteiger partial charge on any atom is -0.284 e. The summed E-state index contributed by atoms with van der Waals surface area (Å²) in [5, 5.41) is 0. The number of nitrogens with zero attached hydrogens (tertiary/aromatic N) is 1. The molecular formula is C12H11NO. The van der Waals surface area contributed by atoms with E-state index in [4.69, 9.17) is 6.85 Å². The van der Waals surface area contributed by atoms with Crippen LogP contribution in [0.2, 0.25) is 0 Å². The first-order valence-corrected chi connectivity index (χ1v) is 4.12. The Balaban J connectivity index is 2.92. The van der Waals surface area contributed by atoms with E-state index in [1.165, 1.54) is 25.1 Å². The van der Waals surface area contributed by atoms with E-state index < -0.39 is 11.6 Å². The molecule has 0 aliphatic carbocycles. The summed E-state index contributed by atoms with van der Waals surface area (Å²) < 4.78 is 39.3. The molecule has 1 heterocycles. The van der Waals surface area contributed by atoms with Gasteiger partial charge in [-0.25, -0.2) is 0 Å². The second kappa shape index (κ2) is 3.50. The molecule has 0 fully saturated rings. The highest BCUT2D eigenvalue weighted by Crippen LogP contribution is 2.04. The largest absolute Gasteiger partial charge is 0.284 e. The van der Waals surface area contributed by atoms with Gasteiger partial charge in [0.05, 0.1) is 6.85 Å². The summed E-state index contributed by atoms with van der Waals surface area (Å²) in [6.07, 6.45) is -0.231. The Bertz CT molecular complexity index is 723. The van der Waals surface area contributed by atoms with Crippen molar-refractivity contribution in [1.82, 2.24) is 4.57 Å². The molecule has 0 aliphatic heterocycles. The van der Waals surface area contributed by atoms with Gasteiger partial charge < -0.3 is 0 Å². The highest BCUT2D eigenvalue weighted by atomic mass is 16.1. The van der Waals surface area contributed by atoms with E-state index in [0.717, 1.165) is 4.57 Å². The molecule has 0 atom stereocenters. The molecule has 2 nitrogen and oxygen atoms in total. The summed E-state index contributed by atoms with van der Waals surface area (Å²) >= 11 is 0. The Morgan fingerprint density at radius 2 is 2.14 bits per heavy atom. The standard InChI is InChI=1S/C12H11NO/c1-10-7-8-12(14)13(9-10)11-5-3-2-4-6-11/h2-9H,1H3/i3D,5D,7D,8D,9D. The molecular weight excluding hydrogens is 174 g/mol. The number of benzene rings is 1. The molecule has 0 spiro atoms. The number of hydrogen-bond acceptors (Lipinski definition) is 1. The zero-order valence-electron chi connectivity index (χ0n) is 12.6. The Labute approximate surface area is 89.5 Å². The lowest BCUT2D eigenvalue weighted by molar-refractivity contribution is 0.976. The van der Waals surface area contributed by atoms with Crippen LogP contribution in [0.5, 0.6) is 0 Å². The lowest BCUT2D eigenvalue weighted by Crippen LogP contribution is -2.16. The predicted octanol–water partition coefficient (Wildman–Crippen LogP) is 2.15. The zero-order chi connectivity index (χ0) is 14.3. The van der Waals surface area contributed by atoms with Crippen LogP contribution in [0.15, 0.2) is 53.3 Å². The average Bonchev–Trinajstić information content (AvgIpc) is 2.39. The molecule has 0 saturated heterocycles. The Morgan fingerprint density at radius 3 is 3.00 bits per heavy atom. The number of aromatic nitrogens is 1. The molecule has 2 rings (SSSR count). The normalized spacial score (nSPS) is 15.1. The van der Waals surface area contributed by atoms with Crippen molar-refractivity contribution in [3.63, 3.8) is 0 Å². The lowest BCUT2D eigenvalue weighted by Gasteiger charge is -2.05. The molecule has 1 aromatic heterocycles. The molecule has 0 radical (unpaired) electrons. The third kappa shape index (κ3) is 1.59. The summed E-state index contributed by atoms with van der Waals surface area (Å²) in [5.74, 6) is 0. The van der Waals surface area contributed by atoms with Crippen LogP contribution < -0.4 is 5.56 Å². The van der Waals surface area contributed by atoms with E-state index in [1.807, 2.05) is 0 Å². The van der Waals surface area contributed by atoms with Gasteiger partial charge in [0, 0.05) is 17.9 Å². The molecule has 0 bridgehead atoms. The van der Waals surface area contributed by atoms with E-state index in [0.29, 0.717) is 0 Å². The van der Waals surface area contributed by atoms with Gasteiger partial charge in [-0.3, -0.25) is 9.36 Å². The first kappa shape index (κ1) is 4.60. The Hall–Kier alpha value is -1.83.